The van der Waals surface area contributed by atoms with Gasteiger partial charge in [0.15, 0.2) is 0 Å². The Bertz CT molecular complexity index is 365. The van der Waals surface area contributed by atoms with Crippen molar-refractivity contribution in [2.75, 3.05) is 0 Å². The van der Waals surface area contributed by atoms with Gasteiger partial charge in [-0.3, -0.25) is 4.79 Å². The van der Waals surface area contributed by atoms with E-state index in [9.17, 15) is 4.79 Å². The van der Waals surface area contributed by atoms with Gasteiger partial charge in [-0.2, -0.15) is 0 Å². The van der Waals surface area contributed by atoms with Crippen LogP contribution in [0.1, 0.15) is 44.1 Å². The third-order valence-corrected chi connectivity index (χ3v) is 4.45. The van der Waals surface area contributed by atoms with E-state index in [1.165, 1.54) is 11.3 Å². The number of hydrogen-bond acceptors (Lipinski definition) is 2. The Morgan fingerprint density at radius 1 is 1.69 bits per heavy atom. The maximum atomic E-state index is 10.4. The SMILES string of the molecule is CCC(CCCC(=O)O)c1cc(Br)sc1Cl. The average molecular weight is 326 g/mol. The van der Waals surface area contributed by atoms with Crippen molar-refractivity contribution in [2.24, 2.45) is 0 Å². The van der Waals surface area contributed by atoms with Crippen molar-refractivity contribution in [3.05, 3.63) is 19.8 Å². The van der Waals surface area contributed by atoms with Gasteiger partial charge in [-0.15, -0.1) is 11.3 Å². The highest BCUT2D eigenvalue weighted by atomic mass is 79.9. The number of carboxylic acid groups (broad SMARTS) is 1. The summed E-state index contributed by atoms with van der Waals surface area (Å²) >= 11 is 11.1. The lowest BCUT2D eigenvalue weighted by molar-refractivity contribution is -0.137. The summed E-state index contributed by atoms with van der Waals surface area (Å²) in [6.45, 7) is 2.10. The van der Waals surface area contributed by atoms with Crippen molar-refractivity contribution >= 4 is 44.8 Å². The molecule has 0 bridgehead atoms. The van der Waals surface area contributed by atoms with E-state index in [4.69, 9.17) is 16.7 Å². The van der Waals surface area contributed by atoms with Crippen molar-refractivity contribution < 1.29 is 9.90 Å². The van der Waals surface area contributed by atoms with Gasteiger partial charge in [0.25, 0.3) is 0 Å². The summed E-state index contributed by atoms with van der Waals surface area (Å²) < 4.78 is 1.85. The summed E-state index contributed by atoms with van der Waals surface area (Å²) in [6, 6.07) is 2.04. The zero-order valence-electron chi connectivity index (χ0n) is 9.00. The summed E-state index contributed by atoms with van der Waals surface area (Å²) in [5.41, 5.74) is 1.14. The third kappa shape index (κ3) is 4.07. The molecule has 1 unspecified atom stereocenters. The maximum Gasteiger partial charge on any atom is 0.303 e. The second-order valence-electron chi connectivity index (χ2n) is 3.67. The number of hydrogen-bond donors (Lipinski definition) is 1. The zero-order chi connectivity index (χ0) is 12.1. The van der Waals surface area contributed by atoms with Crippen LogP contribution in [0.2, 0.25) is 4.34 Å². The first kappa shape index (κ1) is 14.0. The molecule has 1 aromatic rings. The molecule has 1 N–H and O–H groups in total. The molecule has 5 heteroatoms. The molecule has 0 radical (unpaired) electrons. The van der Waals surface area contributed by atoms with E-state index in [1.807, 2.05) is 6.07 Å². The minimum absolute atomic E-state index is 0.236. The van der Waals surface area contributed by atoms with Crippen molar-refractivity contribution in [3.8, 4) is 0 Å². The first-order valence-electron chi connectivity index (χ1n) is 5.21. The van der Waals surface area contributed by atoms with Crippen molar-refractivity contribution in [1.29, 1.82) is 0 Å². The number of aliphatic carboxylic acids is 1. The Hall–Kier alpha value is -0.0600. The van der Waals surface area contributed by atoms with Crippen LogP contribution in [0, 0.1) is 0 Å². The smallest absolute Gasteiger partial charge is 0.303 e. The molecule has 90 valence electrons. The van der Waals surface area contributed by atoms with Crippen LogP contribution in [-0.4, -0.2) is 11.1 Å². The van der Waals surface area contributed by atoms with E-state index >= 15 is 0 Å². The van der Waals surface area contributed by atoms with Crippen LogP contribution < -0.4 is 0 Å². The van der Waals surface area contributed by atoms with Gasteiger partial charge < -0.3 is 5.11 Å². The lowest BCUT2D eigenvalue weighted by Gasteiger charge is -2.13. The van der Waals surface area contributed by atoms with Crippen LogP contribution in [0.3, 0.4) is 0 Å². The first-order valence-corrected chi connectivity index (χ1v) is 7.19. The number of halogens is 2. The first-order chi connectivity index (χ1) is 7.54. The second-order valence-corrected chi connectivity index (χ2v) is 6.70. The van der Waals surface area contributed by atoms with E-state index in [0.717, 1.165) is 26.5 Å². The van der Waals surface area contributed by atoms with Crippen molar-refractivity contribution in [2.45, 2.75) is 38.5 Å². The summed E-state index contributed by atoms with van der Waals surface area (Å²) in [5, 5.41) is 8.60. The molecule has 0 fully saturated rings. The second kappa shape index (κ2) is 6.62. The summed E-state index contributed by atoms with van der Waals surface area (Å²) in [6.07, 6.45) is 2.81. The van der Waals surface area contributed by atoms with Crippen LogP contribution in [0.15, 0.2) is 9.85 Å². The zero-order valence-corrected chi connectivity index (χ0v) is 12.2. The fourth-order valence-electron chi connectivity index (χ4n) is 1.71. The van der Waals surface area contributed by atoms with Gasteiger partial charge >= 0.3 is 5.97 Å². The Morgan fingerprint density at radius 2 is 2.38 bits per heavy atom. The lowest BCUT2D eigenvalue weighted by Crippen LogP contribution is -2.00. The minimum Gasteiger partial charge on any atom is -0.481 e. The molecule has 0 amide bonds. The van der Waals surface area contributed by atoms with E-state index in [0.29, 0.717) is 12.3 Å². The maximum absolute atomic E-state index is 10.4. The minimum atomic E-state index is -0.729. The fraction of sp³-hybridized carbons (Fsp3) is 0.545. The molecule has 16 heavy (non-hydrogen) atoms. The molecular formula is C11H14BrClO2S. The predicted molar refractivity (Wildman–Crippen MR) is 71.5 cm³/mol. The molecule has 1 rings (SSSR count). The molecule has 0 aromatic carbocycles. The van der Waals surface area contributed by atoms with Crippen molar-refractivity contribution in [1.82, 2.24) is 0 Å². The summed E-state index contributed by atoms with van der Waals surface area (Å²) in [4.78, 5) is 10.4. The highest BCUT2D eigenvalue weighted by Gasteiger charge is 2.16. The van der Waals surface area contributed by atoms with Crippen LogP contribution in [0.4, 0.5) is 0 Å². The topological polar surface area (TPSA) is 37.3 Å². The van der Waals surface area contributed by atoms with E-state index in [2.05, 4.69) is 22.9 Å². The Labute approximate surface area is 113 Å². The Balaban J connectivity index is 2.60. The molecule has 0 spiro atoms. The summed E-state index contributed by atoms with van der Waals surface area (Å²) in [5.74, 6) is -0.359. The van der Waals surface area contributed by atoms with Gasteiger partial charge in [0, 0.05) is 6.42 Å². The highest BCUT2D eigenvalue weighted by molar-refractivity contribution is 9.11. The monoisotopic (exact) mass is 324 g/mol. The van der Waals surface area contributed by atoms with Gasteiger partial charge in [-0.25, -0.2) is 0 Å². The number of carboxylic acids is 1. The Kier molecular flexibility index (Phi) is 5.79. The highest BCUT2D eigenvalue weighted by Crippen LogP contribution is 2.39. The largest absolute Gasteiger partial charge is 0.481 e. The van der Waals surface area contributed by atoms with Gasteiger partial charge in [0.2, 0.25) is 0 Å². The van der Waals surface area contributed by atoms with Crippen LogP contribution in [0.5, 0.6) is 0 Å². The van der Waals surface area contributed by atoms with E-state index < -0.39 is 5.97 Å². The van der Waals surface area contributed by atoms with Crippen molar-refractivity contribution in [3.63, 3.8) is 0 Å². The van der Waals surface area contributed by atoms with Gasteiger partial charge in [-0.05, 0) is 52.7 Å². The predicted octanol–water partition coefficient (Wildman–Crippen LogP) is 4.91. The molecule has 0 saturated carbocycles. The van der Waals surface area contributed by atoms with E-state index in [-0.39, 0.29) is 6.42 Å². The number of thiophene rings is 1. The Morgan fingerprint density at radius 3 is 2.81 bits per heavy atom. The molecule has 1 atom stereocenters. The molecular weight excluding hydrogens is 312 g/mol. The molecule has 1 heterocycles. The lowest BCUT2D eigenvalue weighted by atomic mass is 9.93. The standard InChI is InChI=1S/C11H14BrClO2S/c1-2-7(4-3-5-10(14)15)8-6-9(12)16-11(8)13/h6-7H,2-5H2,1H3,(H,14,15). The molecule has 0 saturated heterocycles. The third-order valence-electron chi connectivity index (χ3n) is 2.56. The number of carbonyl (C=O) groups is 1. The molecule has 2 nitrogen and oxygen atoms in total. The molecule has 0 aliphatic heterocycles. The average Bonchev–Trinajstić information content (AvgIpc) is 2.52. The van der Waals surface area contributed by atoms with Crippen LogP contribution in [0.25, 0.3) is 0 Å². The molecule has 1 aromatic heterocycles. The number of rotatable bonds is 6. The normalized spacial score (nSPS) is 12.7. The molecule has 0 aliphatic carbocycles. The van der Waals surface area contributed by atoms with Gasteiger partial charge in [0.05, 0.1) is 8.12 Å². The van der Waals surface area contributed by atoms with Crippen LogP contribution >= 0.6 is 38.9 Å². The van der Waals surface area contributed by atoms with E-state index in [1.54, 1.807) is 0 Å². The van der Waals surface area contributed by atoms with Crippen LogP contribution in [-0.2, 0) is 4.79 Å². The fourth-order valence-corrected chi connectivity index (χ4v) is 3.88. The van der Waals surface area contributed by atoms with Gasteiger partial charge in [0.1, 0.15) is 0 Å². The quantitative estimate of drug-likeness (QED) is 0.806. The summed E-state index contributed by atoms with van der Waals surface area (Å²) in [7, 11) is 0. The molecule has 0 aliphatic rings. The van der Waals surface area contributed by atoms with Gasteiger partial charge in [-0.1, -0.05) is 18.5 Å².